The standard InChI is InChI=1S/C5H11N3/c1-3-7-5-8-4-6-2/h4-5H,3H2,1-2H3,(H,6,7,8). The Labute approximate surface area is 49.5 Å². The summed E-state index contributed by atoms with van der Waals surface area (Å²) in [5.41, 5.74) is 0. The Kier molecular flexibility index (Phi) is 5.48. The van der Waals surface area contributed by atoms with E-state index in [-0.39, 0.29) is 0 Å². The van der Waals surface area contributed by atoms with Crippen molar-refractivity contribution >= 4 is 12.7 Å². The smallest absolute Gasteiger partial charge is 0.0874 e. The van der Waals surface area contributed by atoms with Gasteiger partial charge in [0.1, 0.15) is 0 Å². The minimum absolute atomic E-state index is 0.810. The van der Waals surface area contributed by atoms with Gasteiger partial charge in [0.25, 0.3) is 0 Å². The molecule has 0 fully saturated rings. The number of hydrogen-bond donors (Lipinski definition) is 1. The molecule has 0 saturated carbocycles. The summed E-state index contributed by atoms with van der Waals surface area (Å²) < 4.78 is 0. The first-order valence-corrected chi connectivity index (χ1v) is 2.56. The van der Waals surface area contributed by atoms with Crippen LogP contribution in [0.15, 0.2) is 9.98 Å². The predicted octanol–water partition coefficient (Wildman–Crippen LogP) is 0.282. The second kappa shape index (κ2) is 6.14. The molecule has 0 aliphatic heterocycles. The molecule has 3 heteroatoms. The lowest BCUT2D eigenvalue weighted by molar-refractivity contribution is 1.12. The summed E-state index contributed by atoms with van der Waals surface area (Å²) >= 11 is 0. The molecule has 0 atom stereocenters. The second-order valence-electron chi connectivity index (χ2n) is 1.18. The van der Waals surface area contributed by atoms with Gasteiger partial charge in [-0.2, -0.15) is 0 Å². The Hall–Kier alpha value is -0.860. The van der Waals surface area contributed by atoms with Crippen molar-refractivity contribution in [1.82, 2.24) is 5.32 Å². The number of nitrogens with one attached hydrogen (secondary N) is 1. The van der Waals surface area contributed by atoms with Gasteiger partial charge in [0.05, 0.1) is 12.7 Å². The molecule has 0 spiro atoms. The lowest BCUT2D eigenvalue weighted by Gasteiger charge is -1.83. The largest absolute Gasteiger partial charge is 0.338 e. The van der Waals surface area contributed by atoms with Crippen molar-refractivity contribution in [2.24, 2.45) is 9.98 Å². The van der Waals surface area contributed by atoms with E-state index in [0.717, 1.165) is 6.54 Å². The van der Waals surface area contributed by atoms with E-state index in [1.54, 1.807) is 19.7 Å². The van der Waals surface area contributed by atoms with Crippen LogP contribution in [0.5, 0.6) is 0 Å². The van der Waals surface area contributed by atoms with E-state index in [1.807, 2.05) is 6.92 Å². The Morgan fingerprint density at radius 3 is 2.75 bits per heavy atom. The van der Waals surface area contributed by atoms with Crippen LogP contribution in [-0.2, 0) is 0 Å². The van der Waals surface area contributed by atoms with Crippen LogP contribution in [0.3, 0.4) is 0 Å². The molecule has 0 saturated heterocycles. The van der Waals surface area contributed by atoms with Gasteiger partial charge in [0.2, 0.25) is 0 Å². The highest BCUT2D eigenvalue weighted by molar-refractivity contribution is 5.74. The maximum atomic E-state index is 3.88. The molecule has 0 aromatic rings. The van der Waals surface area contributed by atoms with Gasteiger partial charge in [-0.05, 0) is 6.92 Å². The minimum Gasteiger partial charge on any atom is -0.338 e. The Bertz CT molecular complexity index is 85.7. The average Bonchev–Trinajstić information content (AvgIpc) is 1.81. The zero-order valence-corrected chi connectivity index (χ0v) is 5.26. The highest BCUT2D eigenvalue weighted by Gasteiger charge is 1.62. The predicted molar refractivity (Wildman–Crippen MR) is 36.6 cm³/mol. The van der Waals surface area contributed by atoms with Gasteiger partial charge in [0, 0.05) is 13.6 Å². The van der Waals surface area contributed by atoms with E-state index in [9.17, 15) is 0 Å². The minimum atomic E-state index is 0.810. The summed E-state index contributed by atoms with van der Waals surface area (Å²) in [7, 11) is 1.70. The SMILES string of the molecule is CCN=CNC=NC. The zero-order chi connectivity index (χ0) is 6.24. The molecule has 3 nitrogen and oxygen atoms in total. The zero-order valence-electron chi connectivity index (χ0n) is 5.26. The third-order valence-electron chi connectivity index (χ3n) is 0.552. The number of aliphatic imine (C=N–C) groups is 2. The first-order valence-electron chi connectivity index (χ1n) is 2.56. The van der Waals surface area contributed by atoms with Crippen LogP contribution in [0.4, 0.5) is 0 Å². The van der Waals surface area contributed by atoms with E-state index in [0.29, 0.717) is 0 Å². The van der Waals surface area contributed by atoms with E-state index in [4.69, 9.17) is 0 Å². The quantitative estimate of drug-likeness (QED) is 0.414. The van der Waals surface area contributed by atoms with Crippen molar-refractivity contribution in [2.75, 3.05) is 13.6 Å². The van der Waals surface area contributed by atoms with Crippen LogP contribution < -0.4 is 5.32 Å². The van der Waals surface area contributed by atoms with Gasteiger partial charge in [-0.3, -0.25) is 9.98 Å². The van der Waals surface area contributed by atoms with E-state index in [2.05, 4.69) is 15.3 Å². The van der Waals surface area contributed by atoms with Crippen molar-refractivity contribution in [2.45, 2.75) is 6.92 Å². The van der Waals surface area contributed by atoms with Gasteiger partial charge in [-0.25, -0.2) is 0 Å². The van der Waals surface area contributed by atoms with Crippen LogP contribution in [0.1, 0.15) is 6.92 Å². The maximum absolute atomic E-state index is 3.88. The third kappa shape index (κ3) is 5.14. The normalized spacial score (nSPS) is 11.2. The molecule has 0 aliphatic rings. The molecule has 0 unspecified atom stereocenters. The average molecular weight is 113 g/mol. The van der Waals surface area contributed by atoms with Crippen LogP contribution >= 0.6 is 0 Å². The van der Waals surface area contributed by atoms with Crippen molar-refractivity contribution in [3.63, 3.8) is 0 Å². The van der Waals surface area contributed by atoms with Crippen molar-refractivity contribution in [1.29, 1.82) is 0 Å². The van der Waals surface area contributed by atoms with E-state index < -0.39 is 0 Å². The van der Waals surface area contributed by atoms with Gasteiger partial charge in [-0.1, -0.05) is 0 Å². The van der Waals surface area contributed by atoms with Crippen molar-refractivity contribution in [3.8, 4) is 0 Å². The molecule has 8 heavy (non-hydrogen) atoms. The molecule has 0 radical (unpaired) electrons. The molecule has 0 aromatic heterocycles. The third-order valence-corrected chi connectivity index (χ3v) is 0.552. The lowest BCUT2D eigenvalue weighted by atomic mass is 10.8. The Balaban J connectivity index is 3.03. The Morgan fingerprint density at radius 1 is 1.50 bits per heavy atom. The van der Waals surface area contributed by atoms with Gasteiger partial charge in [-0.15, -0.1) is 0 Å². The molecular weight excluding hydrogens is 102 g/mol. The molecule has 0 bridgehead atoms. The summed E-state index contributed by atoms with van der Waals surface area (Å²) in [6.45, 7) is 2.78. The van der Waals surface area contributed by atoms with Crippen LogP contribution in [0.25, 0.3) is 0 Å². The van der Waals surface area contributed by atoms with Gasteiger partial charge < -0.3 is 5.32 Å². The molecule has 0 heterocycles. The monoisotopic (exact) mass is 113 g/mol. The van der Waals surface area contributed by atoms with Gasteiger partial charge in [0.15, 0.2) is 0 Å². The fourth-order valence-corrected chi connectivity index (χ4v) is 0.252. The summed E-state index contributed by atoms with van der Waals surface area (Å²) in [4.78, 5) is 7.56. The number of rotatable bonds is 3. The summed E-state index contributed by atoms with van der Waals surface area (Å²) in [6, 6.07) is 0. The van der Waals surface area contributed by atoms with Crippen LogP contribution in [0, 0.1) is 0 Å². The molecule has 0 rings (SSSR count). The first kappa shape index (κ1) is 7.14. The molecular formula is C5H11N3. The summed E-state index contributed by atoms with van der Waals surface area (Å²) in [5.74, 6) is 0. The van der Waals surface area contributed by atoms with Crippen LogP contribution in [-0.4, -0.2) is 26.3 Å². The van der Waals surface area contributed by atoms with E-state index in [1.165, 1.54) is 0 Å². The number of nitrogens with zero attached hydrogens (tertiary/aromatic N) is 2. The van der Waals surface area contributed by atoms with Crippen molar-refractivity contribution < 1.29 is 0 Å². The molecule has 0 aromatic carbocycles. The highest BCUT2D eigenvalue weighted by atomic mass is 15.0. The fourth-order valence-electron chi connectivity index (χ4n) is 0.252. The topological polar surface area (TPSA) is 36.8 Å². The first-order chi connectivity index (χ1) is 3.91. The van der Waals surface area contributed by atoms with Crippen LogP contribution in [0.2, 0.25) is 0 Å². The molecule has 46 valence electrons. The Morgan fingerprint density at radius 2 is 2.25 bits per heavy atom. The molecule has 0 amide bonds. The lowest BCUT2D eigenvalue weighted by Crippen LogP contribution is -2.06. The highest BCUT2D eigenvalue weighted by Crippen LogP contribution is 1.57. The molecule has 0 aliphatic carbocycles. The maximum Gasteiger partial charge on any atom is 0.0874 e. The van der Waals surface area contributed by atoms with E-state index >= 15 is 0 Å². The fraction of sp³-hybridized carbons (Fsp3) is 0.600. The van der Waals surface area contributed by atoms with Gasteiger partial charge >= 0.3 is 0 Å². The summed E-state index contributed by atoms with van der Waals surface area (Å²) in [5, 5.41) is 2.75. The van der Waals surface area contributed by atoms with Crippen molar-refractivity contribution in [3.05, 3.63) is 0 Å². The second-order valence-corrected chi connectivity index (χ2v) is 1.18. The summed E-state index contributed by atoms with van der Waals surface area (Å²) in [6.07, 6.45) is 3.20. The molecule has 1 N–H and O–H groups in total. The number of hydrogen-bond acceptors (Lipinski definition) is 2.